The highest BCUT2D eigenvalue weighted by molar-refractivity contribution is 5.86. The predicted molar refractivity (Wildman–Crippen MR) is 97.1 cm³/mol. The van der Waals surface area contributed by atoms with Crippen LogP contribution in [0.4, 0.5) is 17.1 Å². The number of benzene rings is 2. The molecule has 11 heteroatoms. The highest BCUT2D eigenvalue weighted by Gasteiger charge is 2.19. The summed E-state index contributed by atoms with van der Waals surface area (Å²) in [5.41, 5.74) is 2.16. The summed E-state index contributed by atoms with van der Waals surface area (Å²) in [7, 11) is 4.43. The van der Waals surface area contributed by atoms with Crippen LogP contribution >= 0.6 is 0 Å². The van der Waals surface area contributed by atoms with Crippen LogP contribution in [0.2, 0.25) is 0 Å². The van der Waals surface area contributed by atoms with Gasteiger partial charge in [-0.1, -0.05) is 0 Å². The zero-order chi connectivity index (χ0) is 20.0. The van der Waals surface area contributed by atoms with Gasteiger partial charge in [0.25, 0.3) is 5.69 Å². The van der Waals surface area contributed by atoms with Crippen molar-refractivity contribution in [2.24, 2.45) is 5.10 Å². The van der Waals surface area contributed by atoms with Gasteiger partial charge < -0.3 is 14.2 Å². The fourth-order valence-corrected chi connectivity index (χ4v) is 2.20. The van der Waals surface area contributed by atoms with Crippen molar-refractivity contribution in [3.05, 3.63) is 56.1 Å². The number of hydrogen-bond acceptors (Lipinski definition) is 9. The lowest BCUT2D eigenvalue weighted by Gasteiger charge is -2.11. The third-order valence-electron chi connectivity index (χ3n) is 3.51. The number of non-ortho nitro benzene ring substituents is 1. The van der Waals surface area contributed by atoms with Gasteiger partial charge >= 0.3 is 5.69 Å². The van der Waals surface area contributed by atoms with Crippen LogP contribution in [0.25, 0.3) is 0 Å². The monoisotopic (exact) mass is 376 g/mol. The van der Waals surface area contributed by atoms with Crippen molar-refractivity contribution in [3.63, 3.8) is 0 Å². The Morgan fingerprint density at radius 2 is 1.56 bits per heavy atom. The normalized spacial score (nSPS) is 10.5. The first-order valence-corrected chi connectivity index (χ1v) is 7.43. The number of methoxy groups -OCH3 is 3. The van der Waals surface area contributed by atoms with Gasteiger partial charge in [-0.05, 0) is 12.1 Å². The third-order valence-corrected chi connectivity index (χ3v) is 3.51. The lowest BCUT2D eigenvalue weighted by atomic mass is 10.2. The standard InChI is InChI=1S/C16H16N4O7/c1-25-14-8-16(27-3)15(26-2)6-10(14)9-17-18-12-5-4-11(19(21)22)7-13(12)20(23)24/h4-9,18H,1-3H3/b17-9-. The molecule has 0 aliphatic rings. The number of hydrogen-bond donors (Lipinski definition) is 1. The first-order valence-electron chi connectivity index (χ1n) is 7.43. The average Bonchev–Trinajstić information content (AvgIpc) is 2.67. The van der Waals surface area contributed by atoms with E-state index in [4.69, 9.17) is 14.2 Å². The molecule has 1 N–H and O–H groups in total. The first kappa shape index (κ1) is 19.4. The number of nitrogens with one attached hydrogen (secondary N) is 1. The maximum absolute atomic E-state index is 11.1. The molecule has 0 fully saturated rings. The quantitative estimate of drug-likeness (QED) is 0.421. The van der Waals surface area contributed by atoms with Crippen LogP contribution < -0.4 is 19.6 Å². The molecule has 2 aromatic rings. The summed E-state index contributed by atoms with van der Waals surface area (Å²) in [4.78, 5) is 20.4. The number of nitro groups is 2. The summed E-state index contributed by atoms with van der Waals surface area (Å²) in [6.45, 7) is 0. The summed E-state index contributed by atoms with van der Waals surface area (Å²) in [6.07, 6.45) is 1.37. The van der Waals surface area contributed by atoms with Crippen molar-refractivity contribution in [3.8, 4) is 17.2 Å². The zero-order valence-electron chi connectivity index (χ0n) is 14.7. The van der Waals surface area contributed by atoms with Gasteiger partial charge in [0.2, 0.25) is 0 Å². The fraction of sp³-hybridized carbons (Fsp3) is 0.188. The summed E-state index contributed by atoms with van der Waals surface area (Å²) in [5.74, 6) is 1.35. The Morgan fingerprint density at radius 3 is 2.11 bits per heavy atom. The van der Waals surface area contributed by atoms with E-state index in [9.17, 15) is 20.2 Å². The topological polar surface area (TPSA) is 138 Å². The van der Waals surface area contributed by atoms with Crippen LogP contribution in [0.5, 0.6) is 17.2 Å². The van der Waals surface area contributed by atoms with Crippen molar-refractivity contribution in [1.82, 2.24) is 0 Å². The van der Waals surface area contributed by atoms with Gasteiger partial charge in [-0.3, -0.25) is 25.7 Å². The molecular formula is C16H16N4O7. The Hall–Kier alpha value is -3.89. The summed E-state index contributed by atoms with van der Waals surface area (Å²) in [5, 5.41) is 25.8. The maximum Gasteiger partial charge on any atom is 0.301 e. The minimum absolute atomic E-state index is 0.00120. The van der Waals surface area contributed by atoms with Crippen molar-refractivity contribution < 1.29 is 24.1 Å². The van der Waals surface area contributed by atoms with Gasteiger partial charge in [0.15, 0.2) is 11.5 Å². The second kappa shape index (κ2) is 8.47. The Bertz CT molecular complexity index is 899. The summed E-state index contributed by atoms with van der Waals surface area (Å²) >= 11 is 0. The smallest absolute Gasteiger partial charge is 0.301 e. The van der Waals surface area contributed by atoms with Crippen molar-refractivity contribution >= 4 is 23.3 Å². The zero-order valence-corrected chi connectivity index (χ0v) is 14.7. The minimum Gasteiger partial charge on any atom is -0.496 e. The number of nitro benzene ring substituents is 2. The molecule has 0 heterocycles. The summed E-state index contributed by atoms with van der Waals surface area (Å²) < 4.78 is 15.7. The van der Waals surface area contributed by atoms with Crippen LogP contribution in [-0.2, 0) is 0 Å². The van der Waals surface area contributed by atoms with E-state index in [1.54, 1.807) is 12.1 Å². The second-order valence-corrected chi connectivity index (χ2v) is 5.03. The van der Waals surface area contributed by atoms with E-state index in [0.717, 1.165) is 12.1 Å². The predicted octanol–water partition coefficient (Wildman–Crippen LogP) is 2.97. The van der Waals surface area contributed by atoms with Gasteiger partial charge in [0.1, 0.15) is 11.4 Å². The highest BCUT2D eigenvalue weighted by atomic mass is 16.6. The maximum atomic E-state index is 11.1. The number of rotatable bonds is 8. The van der Waals surface area contributed by atoms with Crippen molar-refractivity contribution in [1.29, 1.82) is 0 Å². The SMILES string of the molecule is COc1cc(OC)c(OC)cc1/C=N\Nc1ccc([N+](=O)[O-])cc1[N+](=O)[O-]. The number of nitrogens with zero attached hydrogens (tertiary/aromatic N) is 3. The Balaban J connectivity index is 2.32. The average molecular weight is 376 g/mol. The van der Waals surface area contributed by atoms with E-state index in [1.165, 1.54) is 33.6 Å². The number of anilines is 1. The molecule has 0 aromatic heterocycles. The van der Waals surface area contributed by atoms with Crippen LogP contribution in [0.1, 0.15) is 5.56 Å². The van der Waals surface area contributed by atoms with Crippen LogP contribution in [0.15, 0.2) is 35.4 Å². The minimum atomic E-state index is -0.734. The van der Waals surface area contributed by atoms with Crippen molar-refractivity contribution in [2.75, 3.05) is 26.8 Å². The Labute approximate surface area is 153 Å². The van der Waals surface area contributed by atoms with Crippen molar-refractivity contribution in [2.45, 2.75) is 0 Å². The molecule has 0 unspecified atom stereocenters. The molecule has 27 heavy (non-hydrogen) atoms. The fourth-order valence-electron chi connectivity index (χ4n) is 2.20. The molecule has 0 aliphatic carbocycles. The van der Waals surface area contributed by atoms with E-state index < -0.39 is 21.2 Å². The molecule has 142 valence electrons. The van der Waals surface area contributed by atoms with Gasteiger partial charge in [0.05, 0.1) is 43.5 Å². The molecule has 0 radical (unpaired) electrons. The lowest BCUT2D eigenvalue weighted by molar-refractivity contribution is -0.393. The molecule has 0 amide bonds. The first-order chi connectivity index (χ1) is 12.9. The molecule has 11 nitrogen and oxygen atoms in total. The lowest BCUT2D eigenvalue weighted by Crippen LogP contribution is -2.00. The van der Waals surface area contributed by atoms with E-state index in [1.807, 2.05) is 0 Å². The highest BCUT2D eigenvalue weighted by Crippen LogP contribution is 2.34. The van der Waals surface area contributed by atoms with Gasteiger partial charge in [-0.25, -0.2) is 0 Å². The van der Waals surface area contributed by atoms with Crippen LogP contribution in [-0.4, -0.2) is 37.4 Å². The molecule has 0 aliphatic heterocycles. The Morgan fingerprint density at radius 1 is 0.926 bits per heavy atom. The molecule has 0 bridgehead atoms. The molecule has 0 atom stereocenters. The summed E-state index contributed by atoms with van der Waals surface area (Å²) in [6, 6.07) is 6.43. The molecule has 0 saturated carbocycles. The van der Waals surface area contributed by atoms with Gasteiger partial charge in [-0.15, -0.1) is 0 Å². The Kier molecular flexibility index (Phi) is 6.10. The number of hydrazone groups is 1. The second-order valence-electron chi connectivity index (χ2n) is 5.03. The van der Waals surface area contributed by atoms with Crippen LogP contribution in [0.3, 0.4) is 0 Å². The number of ether oxygens (including phenoxy) is 3. The molecule has 2 rings (SSSR count). The van der Waals surface area contributed by atoms with E-state index in [2.05, 4.69) is 10.5 Å². The molecule has 0 spiro atoms. The molecule has 0 saturated heterocycles. The van der Waals surface area contributed by atoms with Gasteiger partial charge in [0, 0.05) is 17.7 Å². The van der Waals surface area contributed by atoms with Gasteiger partial charge in [-0.2, -0.15) is 5.10 Å². The largest absolute Gasteiger partial charge is 0.496 e. The van der Waals surface area contributed by atoms with Crippen LogP contribution in [0, 0.1) is 20.2 Å². The molecular weight excluding hydrogens is 360 g/mol. The van der Waals surface area contributed by atoms with E-state index in [-0.39, 0.29) is 5.69 Å². The van der Waals surface area contributed by atoms with E-state index >= 15 is 0 Å². The molecule has 2 aromatic carbocycles. The van der Waals surface area contributed by atoms with E-state index in [0.29, 0.717) is 22.8 Å². The third kappa shape index (κ3) is 4.39.